The molecule has 2 aromatic rings. The van der Waals surface area contributed by atoms with Crippen molar-refractivity contribution in [3.63, 3.8) is 0 Å². The van der Waals surface area contributed by atoms with Gasteiger partial charge >= 0.3 is 12.2 Å². The van der Waals surface area contributed by atoms with E-state index in [1.165, 1.54) is 4.90 Å². The molecule has 118 valence electrons. The molecule has 1 atom stereocenters. The third kappa shape index (κ3) is 3.79. The van der Waals surface area contributed by atoms with Crippen LogP contribution in [0.1, 0.15) is 0 Å². The van der Waals surface area contributed by atoms with E-state index in [1.807, 2.05) is 48.5 Å². The summed E-state index contributed by atoms with van der Waals surface area (Å²) in [6.45, 7) is 0.356. The fourth-order valence-electron chi connectivity index (χ4n) is 2.27. The van der Waals surface area contributed by atoms with Crippen molar-refractivity contribution in [3.05, 3.63) is 60.7 Å². The number of carbonyl (C=O) groups excluding carboxylic acids is 2. The second kappa shape index (κ2) is 6.83. The van der Waals surface area contributed by atoms with E-state index in [2.05, 4.69) is 5.32 Å². The zero-order chi connectivity index (χ0) is 16.1. The van der Waals surface area contributed by atoms with Gasteiger partial charge in [0, 0.05) is 11.4 Å². The molecule has 3 rings (SSSR count). The Labute approximate surface area is 133 Å². The molecule has 23 heavy (non-hydrogen) atoms. The molecule has 0 unspecified atom stereocenters. The van der Waals surface area contributed by atoms with Crippen LogP contribution in [0.25, 0.3) is 0 Å². The number of para-hydroxylation sites is 2. The van der Waals surface area contributed by atoms with Gasteiger partial charge in [0.05, 0.1) is 6.54 Å². The SMILES string of the molecule is O=C(Nc1ccccc1)OC[C@H]1CN(c2ccccc2)C(=O)O1. The molecular weight excluding hydrogens is 296 g/mol. The number of benzene rings is 2. The molecule has 1 fully saturated rings. The third-order valence-corrected chi connectivity index (χ3v) is 3.36. The Bertz CT molecular complexity index is 676. The lowest BCUT2D eigenvalue weighted by Crippen LogP contribution is -2.27. The van der Waals surface area contributed by atoms with Gasteiger partial charge in [-0.05, 0) is 24.3 Å². The zero-order valence-corrected chi connectivity index (χ0v) is 12.3. The highest BCUT2D eigenvalue weighted by Gasteiger charge is 2.33. The van der Waals surface area contributed by atoms with Crippen molar-refractivity contribution in [2.24, 2.45) is 0 Å². The summed E-state index contributed by atoms with van der Waals surface area (Å²) in [7, 11) is 0. The van der Waals surface area contributed by atoms with E-state index in [4.69, 9.17) is 9.47 Å². The molecule has 1 aliphatic rings. The van der Waals surface area contributed by atoms with Gasteiger partial charge in [-0.15, -0.1) is 0 Å². The van der Waals surface area contributed by atoms with Crippen LogP contribution in [-0.2, 0) is 9.47 Å². The zero-order valence-electron chi connectivity index (χ0n) is 12.3. The first kappa shape index (κ1) is 14.9. The van der Waals surface area contributed by atoms with Crippen molar-refractivity contribution in [2.75, 3.05) is 23.4 Å². The largest absolute Gasteiger partial charge is 0.445 e. The van der Waals surface area contributed by atoms with Crippen molar-refractivity contribution < 1.29 is 19.1 Å². The Hall–Kier alpha value is -3.02. The Kier molecular flexibility index (Phi) is 4.42. The minimum Gasteiger partial charge on any atom is -0.445 e. The van der Waals surface area contributed by atoms with E-state index >= 15 is 0 Å². The Balaban J connectivity index is 1.50. The molecule has 2 amide bonds. The predicted molar refractivity (Wildman–Crippen MR) is 85.5 cm³/mol. The molecule has 6 heteroatoms. The second-order valence-corrected chi connectivity index (χ2v) is 5.04. The fraction of sp³-hybridized carbons (Fsp3) is 0.176. The number of amides is 2. The number of carbonyl (C=O) groups is 2. The minimum atomic E-state index is -0.578. The van der Waals surface area contributed by atoms with Gasteiger partial charge in [0.2, 0.25) is 0 Å². The van der Waals surface area contributed by atoms with Gasteiger partial charge in [-0.3, -0.25) is 10.2 Å². The van der Waals surface area contributed by atoms with Gasteiger partial charge in [-0.2, -0.15) is 0 Å². The first-order valence-corrected chi connectivity index (χ1v) is 7.24. The molecule has 0 saturated carbocycles. The average molecular weight is 312 g/mol. The lowest BCUT2D eigenvalue weighted by molar-refractivity contribution is 0.0798. The standard InChI is InChI=1S/C17H16N2O4/c20-16(18-13-7-3-1-4-8-13)22-12-15-11-19(17(21)23-15)14-9-5-2-6-10-14/h1-10,15H,11-12H2,(H,18,20)/t15-/m1/s1. The topological polar surface area (TPSA) is 67.9 Å². The lowest BCUT2D eigenvalue weighted by atomic mass is 10.3. The molecule has 0 spiro atoms. The first-order chi connectivity index (χ1) is 11.2. The van der Waals surface area contributed by atoms with Gasteiger partial charge in [-0.25, -0.2) is 9.59 Å². The summed E-state index contributed by atoms with van der Waals surface area (Å²) in [5, 5.41) is 2.60. The molecule has 2 aromatic carbocycles. The Morgan fingerprint density at radius 2 is 1.78 bits per heavy atom. The molecule has 1 heterocycles. The Morgan fingerprint density at radius 3 is 2.48 bits per heavy atom. The summed E-state index contributed by atoms with van der Waals surface area (Å²) < 4.78 is 10.3. The van der Waals surface area contributed by atoms with Crippen LogP contribution in [0.5, 0.6) is 0 Å². The van der Waals surface area contributed by atoms with Gasteiger partial charge in [-0.1, -0.05) is 36.4 Å². The van der Waals surface area contributed by atoms with E-state index in [9.17, 15) is 9.59 Å². The van der Waals surface area contributed by atoms with Crippen molar-refractivity contribution in [1.82, 2.24) is 0 Å². The number of nitrogens with zero attached hydrogens (tertiary/aromatic N) is 1. The van der Waals surface area contributed by atoms with Crippen LogP contribution in [0.2, 0.25) is 0 Å². The number of hydrogen-bond acceptors (Lipinski definition) is 4. The van der Waals surface area contributed by atoms with Crippen LogP contribution in [-0.4, -0.2) is 31.4 Å². The number of cyclic esters (lactones) is 1. The third-order valence-electron chi connectivity index (χ3n) is 3.36. The van der Waals surface area contributed by atoms with Gasteiger partial charge in [0.1, 0.15) is 6.61 Å². The van der Waals surface area contributed by atoms with E-state index < -0.39 is 18.3 Å². The second-order valence-electron chi connectivity index (χ2n) is 5.04. The van der Waals surface area contributed by atoms with E-state index in [-0.39, 0.29) is 6.61 Å². The monoisotopic (exact) mass is 312 g/mol. The number of nitrogens with one attached hydrogen (secondary N) is 1. The maximum atomic E-state index is 11.9. The molecule has 0 aromatic heterocycles. The lowest BCUT2D eigenvalue weighted by Gasteiger charge is -2.12. The number of hydrogen-bond donors (Lipinski definition) is 1. The first-order valence-electron chi connectivity index (χ1n) is 7.24. The van der Waals surface area contributed by atoms with Gasteiger partial charge in [0.25, 0.3) is 0 Å². The smallest absolute Gasteiger partial charge is 0.414 e. The summed E-state index contributed by atoms with van der Waals surface area (Å²) in [5.74, 6) is 0. The highest BCUT2D eigenvalue weighted by molar-refractivity contribution is 5.89. The molecular formula is C17H16N2O4. The number of rotatable bonds is 4. The molecule has 1 aliphatic heterocycles. The van der Waals surface area contributed by atoms with Crippen LogP contribution >= 0.6 is 0 Å². The summed E-state index contributed by atoms with van der Waals surface area (Å²) in [6.07, 6.45) is -1.50. The minimum absolute atomic E-state index is 0.00768. The van der Waals surface area contributed by atoms with Gasteiger partial charge in [0.15, 0.2) is 6.10 Å². The van der Waals surface area contributed by atoms with Crippen LogP contribution in [0.15, 0.2) is 60.7 Å². The van der Waals surface area contributed by atoms with Crippen molar-refractivity contribution in [3.8, 4) is 0 Å². The highest BCUT2D eigenvalue weighted by Crippen LogP contribution is 2.21. The maximum absolute atomic E-state index is 11.9. The van der Waals surface area contributed by atoms with E-state index in [1.54, 1.807) is 12.1 Å². The highest BCUT2D eigenvalue weighted by atomic mass is 16.6. The van der Waals surface area contributed by atoms with Crippen LogP contribution in [0.3, 0.4) is 0 Å². The van der Waals surface area contributed by atoms with Crippen molar-refractivity contribution in [2.45, 2.75) is 6.10 Å². The van der Waals surface area contributed by atoms with E-state index in [0.29, 0.717) is 12.2 Å². The van der Waals surface area contributed by atoms with Gasteiger partial charge < -0.3 is 9.47 Å². The van der Waals surface area contributed by atoms with Crippen LogP contribution in [0, 0.1) is 0 Å². The number of anilines is 2. The molecule has 6 nitrogen and oxygen atoms in total. The van der Waals surface area contributed by atoms with Crippen molar-refractivity contribution in [1.29, 1.82) is 0 Å². The molecule has 0 bridgehead atoms. The number of ether oxygens (including phenoxy) is 2. The van der Waals surface area contributed by atoms with Crippen LogP contribution < -0.4 is 10.2 Å². The Morgan fingerprint density at radius 1 is 1.13 bits per heavy atom. The molecule has 0 radical (unpaired) electrons. The predicted octanol–water partition coefficient (Wildman–Crippen LogP) is 3.26. The average Bonchev–Trinajstić information content (AvgIpc) is 2.96. The summed E-state index contributed by atoms with van der Waals surface area (Å²) in [5.41, 5.74) is 1.40. The molecule has 1 N–H and O–H groups in total. The quantitative estimate of drug-likeness (QED) is 0.941. The van der Waals surface area contributed by atoms with Crippen molar-refractivity contribution >= 4 is 23.6 Å². The molecule has 1 saturated heterocycles. The normalized spacial score (nSPS) is 16.8. The summed E-state index contributed by atoms with van der Waals surface area (Å²) >= 11 is 0. The van der Waals surface area contributed by atoms with Crippen LogP contribution in [0.4, 0.5) is 21.0 Å². The summed E-state index contributed by atoms with van der Waals surface area (Å²) in [6, 6.07) is 18.2. The fourth-order valence-corrected chi connectivity index (χ4v) is 2.27. The maximum Gasteiger partial charge on any atom is 0.414 e. The van der Waals surface area contributed by atoms with E-state index in [0.717, 1.165) is 5.69 Å². The molecule has 0 aliphatic carbocycles. The summed E-state index contributed by atoms with van der Waals surface area (Å²) in [4.78, 5) is 25.1.